The van der Waals surface area contributed by atoms with Gasteiger partial charge in [0.05, 0.1) is 24.1 Å². The van der Waals surface area contributed by atoms with Gasteiger partial charge >= 0.3 is 5.97 Å². The first-order valence-corrected chi connectivity index (χ1v) is 10.8. The summed E-state index contributed by atoms with van der Waals surface area (Å²) < 4.78 is 1.44. The number of ketones is 1. The van der Waals surface area contributed by atoms with Crippen molar-refractivity contribution >= 4 is 17.5 Å². The van der Waals surface area contributed by atoms with Gasteiger partial charge in [0.1, 0.15) is 12.1 Å². The van der Waals surface area contributed by atoms with Crippen LogP contribution in [-0.4, -0.2) is 42.4 Å². The van der Waals surface area contributed by atoms with Crippen LogP contribution in [0.4, 0.5) is 0 Å². The first kappa shape index (κ1) is 23.8. The maximum atomic E-state index is 13.1. The molecule has 3 rings (SSSR count). The number of Topliss-reactive ketones (excluding diaryl/α,β-unsaturated/α-hetero) is 1. The molecule has 2 unspecified atom stereocenters. The number of hydrogen-bond acceptors (Lipinski definition) is 6. The summed E-state index contributed by atoms with van der Waals surface area (Å²) in [6.07, 6.45) is 1.91. The molecule has 0 saturated carbocycles. The van der Waals surface area contributed by atoms with Gasteiger partial charge in [0.25, 0.3) is 0 Å². The van der Waals surface area contributed by atoms with Crippen molar-refractivity contribution in [1.29, 1.82) is 5.41 Å². The third kappa shape index (κ3) is 5.52. The fraction of sp³-hybridized carbons (Fsp3) is 0.320. The minimum atomic E-state index is -0.930. The number of benzene rings is 2. The number of aromatic hydroxyl groups is 1. The number of rotatable bonds is 10. The molecule has 0 bridgehead atoms. The van der Waals surface area contributed by atoms with Gasteiger partial charge in [-0.15, -0.1) is 0 Å². The Bertz CT molecular complexity index is 1180. The second kappa shape index (κ2) is 10.2. The third-order valence-electron chi connectivity index (χ3n) is 5.69. The van der Waals surface area contributed by atoms with E-state index >= 15 is 0 Å². The molecule has 0 radical (unpaired) electrons. The summed E-state index contributed by atoms with van der Waals surface area (Å²) in [5.41, 5.74) is 3.32. The summed E-state index contributed by atoms with van der Waals surface area (Å²) in [4.78, 5) is 28.4. The Morgan fingerprint density at radius 2 is 1.88 bits per heavy atom. The highest BCUT2D eigenvalue weighted by Crippen LogP contribution is 2.31. The van der Waals surface area contributed by atoms with Gasteiger partial charge in [-0.25, -0.2) is 4.98 Å². The molecular formula is C25H28N4O4. The van der Waals surface area contributed by atoms with Crippen LogP contribution in [0.2, 0.25) is 0 Å². The summed E-state index contributed by atoms with van der Waals surface area (Å²) in [5, 5.41) is 32.0. The third-order valence-corrected chi connectivity index (χ3v) is 5.69. The zero-order valence-electron chi connectivity index (χ0n) is 18.9. The van der Waals surface area contributed by atoms with Crippen molar-refractivity contribution in [2.24, 2.45) is 5.92 Å². The first-order valence-electron chi connectivity index (χ1n) is 10.8. The number of phenolic OH excluding ortho intramolecular Hbond substituents is 1. The Balaban J connectivity index is 1.82. The average molecular weight is 449 g/mol. The summed E-state index contributed by atoms with van der Waals surface area (Å²) >= 11 is 0. The average Bonchev–Trinajstić information content (AvgIpc) is 3.23. The van der Waals surface area contributed by atoms with Crippen LogP contribution in [0.3, 0.4) is 0 Å². The largest absolute Gasteiger partial charge is 0.508 e. The quantitative estimate of drug-likeness (QED) is 0.402. The number of carbonyl (C=O) groups excluding carboxylic acids is 1. The molecule has 0 aliphatic heterocycles. The topological polar surface area (TPSA) is 129 Å². The molecule has 8 nitrogen and oxygen atoms in total. The zero-order valence-corrected chi connectivity index (χ0v) is 18.9. The van der Waals surface area contributed by atoms with Crippen molar-refractivity contribution in [2.45, 2.75) is 46.1 Å². The Labute approximate surface area is 192 Å². The molecule has 33 heavy (non-hydrogen) atoms. The summed E-state index contributed by atoms with van der Waals surface area (Å²) in [6, 6.07) is 12.6. The van der Waals surface area contributed by atoms with Crippen molar-refractivity contribution in [2.75, 3.05) is 0 Å². The fourth-order valence-corrected chi connectivity index (χ4v) is 3.74. The molecule has 3 N–H and O–H groups in total. The Morgan fingerprint density at radius 3 is 2.55 bits per heavy atom. The van der Waals surface area contributed by atoms with Gasteiger partial charge in [-0.1, -0.05) is 44.2 Å². The number of nitrogens with one attached hydrogen (secondary N) is 1. The molecule has 0 spiro atoms. The van der Waals surface area contributed by atoms with Crippen LogP contribution in [0.15, 0.2) is 48.8 Å². The van der Waals surface area contributed by atoms with E-state index in [4.69, 9.17) is 10.5 Å². The van der Waals surface area contributed by atoms with E-state index < -0.39 is 17.8 Å². The SMILES string of the molecule is CCC(C(=N)C(=O)Cc1ccc(O)cc1-c1ccccc1C)c1ncn(CC(C)C(=O)O)n1. The Morgan fingerprint density at radius 1 is 1.15 bits per heavy atom. The van der Waals surface area contributed by atoms with E-state index in [-0.39, 0.29) is 30.2 Å². The van der Waals surface area contributed by atoms with E-state index in [0.29, 0.717) is 12.2 Å². The van der Waals surface area contributed by atoms with E-state index in [2.05, 4.69) is 10.1 Å². The highest BCUT2D eigenvalue weighted by atomic mass is 16.4. The van der Waals surface area contributed by atoms with Crippen LogP contribution in [0.1, 0.15) is 43.1 Å². The Kier molecular flexibility index (Phi) is 7.37. The van der Waals surface area contributed by atoms with Crippen LogP contribution in [0.5, 0.6) is 5.75 Å². The number of carboxylic acid groups (broad SMARTS) is 1. The first-order chi connectivity index (χ1) is 15.7. The lowest BCUT2D eigenvalue weighted by Crippen LogP contribution is -2.24. The zero-order chi connectivity index (χ0) is 24.1. The van der Waals surface area contributed by atoms with E-state index in [1.54, 1.807) is 19.1 Å². The molecule has 0 aliphatic rings. The van der Waals surface area contributed by atoms with Crippen molar-refractivity contribution in [1.82, 2.24) is 14.8 Å². The lowest BCUT2D eigenvalue weighted by Gasteiger charge is -2.15. The van der Waals surface area contributed by atoms with Gasteiger partial charge in [0.15, 0.2) is 11.6 Å². The lowest BCUT2D eigenvalue weighted by molar-refractivity contribution is -0.141. The maximum Gasteiger partial charge on any atom is 0.308 e. The van der Waals surface area contributed by atoms with Gasteiger partial charge in [0, 0.05) is 6.42 Å². The minimum Gasteiger partial charge on any atom is -0.508 e. The second-order valence-electron chi connectivity index (χ2n) is 8.19. The summed E-state index contributed by atoms with van der Waals surface area (Å²) in [5.74, 6) is -2.06. The van der Waals surface area contributed by atoms with Gasteiger partial charge in [-0.2, -0.15) is 5.10 Å². The monoisotopic (exact) mass is 448 g/mol. The molecule has 172 valence electrons. The van der Waals surface area contributed by atoms with E-state index in [0.717, 1.165) is 22.3 Å². The molecule has 1 heterocycles. The normalized spacial score (nSPS) is 12.8. The number of carboxylic acids is 1. The highest BCUT2D eigenvalue weighted by Gasteiger charge is 2.26. The number of aryl methyl sites for hydroxylation is 1. The van der Waals surface area contributed by atoms with E-state index in [9.17, 15) is 14.7 Å². The van der Waals surface area contributed by atoms with Crippen molar-refractivity contribution < 1.29 is 19.8 Å². The van der Waals surface area contributed by atoms with Gasteiger partial charge in [-0.3, -0.25) is 14.3 Å². The number of carbonyl (C=O) groups is 2. The minimum absolute atomic E-state index is 0.00996. The smallest absolute Gasteiger partial charge is 0.308 e. The van der Waals surface area contributed by atoms with Crippen molar-refractivity contribution in [3.8, 4) is 16.9 Å². The molecular weight excluding hydrogens is 420 g/mol. The molecule has 1 aromatic heterocycles. The predicted molar refractivity (Wildman–Crippen MR) is 125 cm³/mol. The maximum absolute atomic E-state index is 13.1. The molecule has 0 fully saturated rings. The molecule has 0 amide bonds. The van der Waals surface area contributed by atoms with E-state index in [1.807, 2.05) is 38.1 Å². The standard InChI is InChI=1S/C25H28N4O4/c1-4-19(24-27-14-29(28-24)13-16(3)25(32)33)23(26)22(31)11-17-9-10-18(30)12-21(17)20-8-6-5-7-15(20)2/h5-10,12,14,16,19,26,30H,4,11,13H2,1-3H3,(H,32,33). The van der Waals surface area contributed by atoms with E-state index in [1.165, 1.54) is 17.1 Å². The van der Waals surface area contributed by atoms with Gasteiger partial charge in [-0.05, 0) is 47.7 Å². The molecule has 0 saturated heterocycles. The number of nitrogens with zero attached hydrogens (tertiary/aromatic N) is 3. The molecule has 8 heteroatoms. The lowest BCUT2D eigenvalue weighted by atomic mass is 9.89. The highest BCUT2D eigenvalue weighted by molar-refractivity contribution is 6.41. The number of aliphatic carboxylic acids is 1. The molecule has 3 aromatic rings. The Hall–Kier alpha value is -3.81. The fourth-order valence-electron chi connectivity index (χ4n) is 3.74. The van der Waals surface area contributed by atoms with Gasteiger partial charge < -0.3 is 15.6 Å². The molecule has 2 aromatic carbocycles. The van der Waals surface area contributed by atoms with Crippen LogP contribution in [0.25, 0.3) is 11.1 Å². The van der Waals surface area contributed by atoms with Crippen LogP contribution in [0, 0.1) is 18.3 Å². The number of phenols is 1. The van der Waals surface area contributed by atoms with Crippen LogP contribution < -0.4 is 0 Å². The van der Waals surface area contributed by atoms with Gasteiger partial charge in [0.2, 0.25) is 0 Å². The summed E-state index contributed by atoms with van der Waals surface area (Å²) in [6.45, 7) is 5.56. The van der Waals surface area contributed by atoms with Crippen molar-refractivity contribution in [3.05, 3.63) is 65.7 Å². The van der Waals surface area contributed by atoms with Crippen LogP contribution in [-0.2, 0) is 22.6 Å². The summed E-state index contributed by atoms with van der Waals surface area (Å²) in [7, 11) is 0. The second-order valence-corrected chi connectivity index (χ2v) is 8.19. The molecule has 2 atom stereocenters. The van der Waals surface area contributed by atoms with Crippen molar-refractivity contribution in [3.63, 3.8) is 0 Å². The number of hydrogen-bond donors (Lipinski definition) is 3. The predicted octanol–water partition coefficient (Wildman–Crippen LogP) is 4.00. The van der Waals surface area contributed by atoms with Crippen LogP contribution >= 0.6 is 0 Å². The number of aromatic nitrogens is 3. The molecule has 0 aliphatic carbocycles.